The lowest BCUT2D eigenvalue weighted by molar-refractivity contribution is -0.139. The molecule has 0 unspecified atom stereocenters. The van der Waals surface area contributed by atoms with E-state index >= 15 is 0 Å². The van der Waals surface area contributed by atoms with Crippen LogP contribution in [0.25, 0.3) is 0 Å². The van der Waals surface area contributed by atoms with Crippen molar-refractivity contribution >= 4 is 17.8 Å². The van der Waals surface area contributed by atoms with Gasteiger partial charge < -0.3 is 5.11 Å². The van der Waals surface area contributed by atoms with Crippen LogP contribution in [-0.4, -0.2) is 47.4 Å². The van der Waals surface area contributed by atoms with Crippen molar-refractivity contribution in [3.05, 3.63) is 0 Å². The number of hydrazine groups is 1. The monoisotopic (exact) mass is 217 g/mol. The van der Waals surface area contributed by atoms with Crippen LogP contribution in [0, 0.1) is 0 Å². The molecule has 7 heteroatoms. The van der Waals surface area contributed by atoms with E-state index in [9.17, 15) is 14.4 Å². The molecule has 0 heterocycles. The zero-order chi connectivity index (χ0) is 11.8. The van der Waals surface area contributed by atoms with Crippen LogP contribution in [0.4, 0.5) is 0 Å². The van der Waals surface area contributed by atoms with Gasteiger partial charge in [-0.2, -0.15) is 0 Å². The molecule has 86 valence electrons. The summed E-state index contributed by atoms with van der Waals surface area (Å²) in [5.41, 5.74) is 4.26. The van der Waals surface area contributed by atoms with Gasteiger partial charge in [-0.15, -0.1) is 0 Å². The minimum atomic E-state index is -0.996. The van der Waals surface area contributed by atoms with Crippen molar-refractivity contribution in [1.29, 1.82) is 0 Å². The third kappa shape index (κ3) is 7.44. The van der Waals surface area contributed by atoms with E-state index in [1.807, 2.05) is 0 Å². The van der Waals surface area contributed by atoms with Crippen LogP contribution >= 0.6 is 0 Å². The number of aliphatic carboxylic acids is 1. The molecule has 0 aromatic rings. The highest BCUT2D eigenvalue weighted by atomic mass is 16.4. The zero-order valence-electron chi connectivity index (χ0n) is 8.74. The summed E-state index contributed by atoms with van der Waals surface area (Å²) >= 11 is 0. The summed E-state index contributed by atoms with van der Waals surface area (Å²) in [5, 5.41) is 8.50. The van der Waals surface area contributed by atoms with Crippen LogP contribution in [0.2, 0.25) is 0 Å². The Morgan fingerprint density at radius 3 is 2.20 bits per heavy atom. The number of amides is 2. The first-order valence-electron chi connectivity index (χ1n) is 4.45. The summed E-state index contributed by atoms with van der Waals surface area (Å²) in [6.07, 6.45) is 0. The molecule has 3 N–H and O–H groups in total. The second-order valence-electron chi connectivity index (χ2n) is 2.93. The highest BCUT2D eigenvalue weighted by molar-refractivity contribution is 5.82. The molecule has 15 heavy (non-hydrogen) atoms. The van der Waals surface area contributed by atoms with Crippen LogP contribution in [0.3, 0.4) is 0 Å². The van der Waals surface area contributed by atoms with Gasteiger partial charge in [-0.25, -0.2) is 0 Å². The highest BCUT2D eigenvalue weighted by Crippen LogP contribution is 1.86. The van der Waals surface area contributed by atoms with E-state index in [4.69, 9.17) is 5.11 Å². The number of hydrogen-bond acceptors (Lipinski definition) is 4. The zero-order valence-corrected chi connectivity index (χ0v) is 8.74. The lowest BCUT2D eigenvalue weighted by atomic mass is 10.4. The number of hydrogen-bond donors (Lipinski definition) is 3. The number of nitrogens with one attached hydrogen (secondary N) is 2. The second kappa shape index (κ2) is 6.77. The third-order valence-electron chi connectivity index (χ3n) is 1.55. The van der Waals surface area contributed by atoms with Crippen molar-refractivity contribution in [2.45, 2.75) is 13.8 Å². The van der Waals surface area contributed by atoms with Crippen molar-refractivity contribution in [1.82, 2.24) is 15.8 Å². The molecule has 0 aliphatic heterocycles. The molecule has 0 aromatic heterocycles. The Hall–Kier alpha value is -1.63. The average molecular weight is 217 g/mol. The minimum absolute atomic E-state index is 0.0664. The first-order chi connectivity index (χ1) is 6.95. The Kier molecular flexibility index (Phi) is 6.03. The molecule has 0 rings (SSSR count). The van der Waals surface area contributed by atoms with E-state index in [1.165, 1.54) is 11.8 Å². The number of carbonyl (C=O) groups excluding carboxylic acids is 2. The van der Waals surface area contributed by atoms with E-state index in [2.05, 4.69) is 10.9 Å². The van der Waals surface area contributed by atoms with Crippen LogP contribution in [0.5, 0.6) is 0 Å². The Morgan fingerprint density at radius 2 is 1.80 bits per heavy atom. The third-order valence-corrected chi connectivity index (χ3v) is 1.55. The maximum Gasteiger partial charge on any atom is 0.317 e. The molecule has 0 atom stereocenters. The Morgan fingerprint density at radius 1 is 1.20 bits per heavy atom. The predicted octanol–water partition coefficient (Wildman–Crippen LogP) is -1.44. The SMILES string of the molecule is CCN(CC(=O)O)CC(=O)NNC(C)=O. The largest absolute Gasteiger partial charge is 0.480 e. The number of carboxylic acids is 1. The molecule has 0 radical (unpaired) electrons. The van der Waals surface area contributed by atoms with E-state index in [-0.39, 0.29) is 19.0 Å². The van der Waals surface area contributed by atoms with Crippen LogP contribution in [-0.2, 0) is 14.4 Å². The molecule has 2 amide bonds. The number of carbonyl (C=O) groups is 3. The number of nitrogens with zero attached hydrogens (tertiary/aromatic N) is 1. The van der Waals surface area contributed by atoms with Gasteiger partial charge in [0.15, 0.2) is 0 Å². The average Bonchev–Trinajstić information content (AvgIpc) is 2.13. The first kappa shape index (κ1) is 13.4. The fourth-order valence-corrected chi connectivity index (χ4v) is 0.871. The van der Waals surface area contributed by atoms with Gasteiger partial charge in [0.2, 0.25) is 5.91 Å². The van der Waals surface area contributed by atoms with E-state index in [0.717, 1.165) is 0 Å². The minimum Gasteiger partial charge on any atom is -0.480 e. The summed E-state index contributed by atoms with van der Waals surface area (Å²) < 4.78 is 0. The molecule has 0 saturated carbocycles. The topological polar surface area (TPSA) is 98.7 Å². The van der Waals surface area contributed by atoms with Gasteiger partial charge in [-0.05, 0) is 6.54 Å². The maximum atomic E-state index is 11.1. The summed E-state index contributed by atoms with van der Waals surface area (Å²) in [5.74, 6) is -1.83. The molecule has 0 aliphatic rings. The molecular formula is C8H15N3O4. The van der Waals surface area contributed by atoms with Gasteiger partial charge in [0.1, 0.15) is 0 Å². The fraction of sp³-hybridized carbons (Fsp3) is 0.625. The highest BCUT2D eigenvalue weighted by Gasteiger charge is 2.11. The van der Waals surface area contributed by atoms with Crippen molar-refractivity contribution < 1.29 is 19.5 Å². The second-order valence-corrected chi connectivity index (χ2v) is 2.93. The first-order valence-corrected chi connectivity index (χ1v) is 4.45. The van der Waals surface area contributed by atoms with Crippen molar-refractivity contribution in [3.63, 3.8) is 0 Å². The normalized spacial score (nSPS) is 9.80. The Balaban J connectivity index is 3.90. The smallest absolute Gasteiger partial charge is 0.317 e. The van der Waals surface area contributed by atoms with E-state index < -0.39 is 11.9 Å². The quantitative estimate of drug-likeness (QED) is 0.490. The van der Waals surface area contributed by atoms with Crippen LogP contribution in [0.1, 0.15) is 13.8 Å². The lowest BCUT2D eigenvalue weighted by Crippen LogP contribution is -2.46. The molecule has 0 fully saturated rings. The maximum absolute atomic E-state index is 11.1. The summed E-state index contributed by atoms with van der Waals surface area (Å²) in [4.78, 5) is 33.4. The van der Waals surface area contributed by atoms with Gasteiger partial charge in [-0.1, -0.05) is 6.92 Å². The molecule has 0 spiro atoms. The van der Waals surface area contributed by atoms with Crippen molar-refractivity contribution in [2.75, 3.05) is 19.6 Å². The molecule has 0 saturated heterocycles. The van der Waals surface area contributed by atoms with Gasteiger partial charge in [0.25, 0.3) is 5.91 Å². The lowest BCUT2D eigenvalue weighted by Gasteiger charge is -2.17. The Bertz CT molecular complexity index is 254. The standard InChI is InChI=1S/C8H15N3O4/c1-3-11(5-8(14)15)4-7(13)10-9-6(2)12/h3-5H2,1-2H3,(H,9,12)(H,10,13)(H,14,15). The molecule has 0 aromatic carbocycles. The molecular weight excluding hydrogens is 202 g/mol. The van der Waals surface area contributed by atoms with Gasteiger partial charge >= 0.3 is 5.97 Å². The molecule has 7 nitrogen and oxygen atoms in total. The van der Waals surface area contributed by atoms with Gasteiger partial charge in [0.05, 0.1) is 13.1 Å². The number of carboxylic acid groups (broad SMARTS) is 1. The molecule has 0 bridgehead atoms. The number of likely N-dealkylation sites (N-methyl/N-ethyl adjacent to an activating group) is 1. The van der Waals surface area contributed by atoms with Crippen LogP contribution < -0.4 is 10.9 Å². The van der Waals surface area contributed by atoms with Gasteiger partial charge in [-0.3, -0.25) is 30.1 Å². The van der Waals surface area contributed by atoms with E-state index in [1.54, 1.807) is 6.92 Å². The Labute approximate surface area is 87.4 Å². The summed E-state index contributed by atoms with van der Waals surface area (Å²) in [7, 11) is 0. The molecule has 0 aliphatic carbocycles. The predicted molar refractivity (Wildman–Crippen MR) is 51.7 cm³/mol. The van der Waals surface area contributed by atoms with E-state index in [0.29, 0.717) is 6.54 Å². The summed E-state index contributed by atoms with van der Waals surface area (Å²) in [6, 6.07) is 0. The van der Waals surface area contributed by atoms with Crippen molar-refractivity contribution in [2.24, 2.45) is 0 Å². The van der Waals surface area contributed by atoms with Crippen molar-refractivity contribution in [3.8, 4) is 0 Å². The fourth-order valence-electron chi connectivity index (χ4n) is 0.871. The van der Waals surface area contributed by atoms with Gasteiger partial charge in [0, 0.05) is 6.92 Å². The van der Waals surface area contributed by atoms with Crippen LogP contribution in [0.15, 0.2) is 0 Å². The summed E-state index contributed by atoms with van der Waals surface area (Å²) in [6.45, 7) is 3.18. The number of rotatable bonds is 5.